The fourth-order valence-electron chi connectivity index (χ4n) is 3.05. The van der Waals surface area contributed by atoms with Gasteiger partial charge in [0.05, 0.1) is 14.2 Å². The second kappa shape index (κ2) is 4.62. The Bertz CT molecular complexity index is 631. The van der Waals surface area contributed by atoms with E-state index in [2.05, 4.69) is 4.74 Å². The van der Waals surface area contributed by atoms with Gasteiger partial charge in [0.15, 0.2) is 0 Å². The van der Waals surface area contributed by atoms with Crippen molar-refractivity contribution in [2.24, 2.45) is 5.92 Å². The lowest BCUT2D eigenvalue weighted by Gasteiger charge is -2.18. The fourth-order valence-corrected chi connectivity index (χ4v) is 3.05. The van der Waals surface area contributed by atoms with Crippen molar-refractivity contribution in [3.63, 3.8) is 0 Å². The number of fused-ring (bicyclic) bond motifs is 1. The highest BCUT2D eigenvalue weighted by Gasteiger charge is 2.75. The van der Waals surface area contributed by atoms with E-state index in [1.807, 2.05) is 31.2 Å². The third-order valence-corrected chi connectivity index (χ3v) is 4.22. The lowest BCUT2D eigenvalue weighted by molar-refractivity contribution is -0.147. The number of hydrogen-bond acceptors (Lipinski definition) is 5. The number of aryl methyl sites for hydroxylation is 1. The minimum absolute atomic E-state index is 0.166. The Hall–Kier alpha value is -2.30. The molecule has 0 radical (unpaired) electrons. The Balaban J connectivity index is 1.97. The third kappa shape index (κ3) is 1.77. The van der Waals surface area contributed by atoms with Crippen LogP contribution in [-0.4, -0.2) is 32.3 Å². The van der Waals surface area contributed by atoms with Gasteiger partial charge in [-0.05, 0) is 18.6 Å². The van der Waals surface area contributed by atoms with Crippen LogP contribution in [0.25, 0.3) is 0 Å². The normalized spacial score (nSPS) is 29.0. The van der Waals surface area contributed by atoms with Crippen LogP contribution < -0.4 is 0 Å². The number of methoxy groups -OCH3 is 2. The van der Waals surface area contributed by atoms with E-state index in [0.29, 0.717) is 0 Å². The summed E-state index contributed by atoms with van der Waals surface area (Å²) in [5.41, 5.74) is 1.10. The van der Waals surface area contributed by atoms with Crippen LogP contribution in [0.5, 0.6) is 0 Å². The van der Waals surface area contributed by atoms with Gasteiger partial charge in [-0.2, -0.15) is 0 Å². The molecule has 0 aromatic heterocycles. The molecule has 3 atom stereocenters. The largest absolute Gasteiger partial charge is 0.481 e. The fraction of sp³-hybridized carbons (Fsp3) is 0.375. The molecule has 0 bridgehead atoms. The number of rotatable bonds is 3. The van der Waals surface area contributed by atoms with Crippen LogP contribution >= 0.6 is 0 Å². The highest BCUT2D eigenvalue weighted by atomic mass is 16.6. The molecular weight excluding hydrogens is 272 g/mol. The first-order valence-corrected chi connectivity index (χ1v) is 6.68. The molecule has 1 aromatic carbocycles. The molecule has 1 saturated carbocycles. The Morgan fingerprint density at radius 3 is 2.29 bits per heavy atom. The van der Waals surface area contributed by atoms with Gasteiger partial charge in [-0.25, -0.2) is 4.79 Å². The van der Waals surface area contributed by atoms with Crippen LogP contribution in [0, 0.1) is 12.8 Å². The molecule has 3 rings (SSSR count). The Labute approximate surface area is 122 Å². The molecule has 0 N–H and O–H groups in total. The van der Waals surface area contributed by atoms with Gasteiger partial charge < -0.3 is 14.2 Å². The summed E-state index contributed by atoms with van der Waals surface area (Å²) in [6.45, 7) is 1.98. The van der Waals surface area contributed by atoms with Crippen LogP contribution in [0.2, 0.25) is 0 Å². The molecule has 0 unspecified atom stereocenters. The van der Waals surface area contributed by atoms with E-state index in [9.17, 15) is 9.59 Å². The molecule has 1 aliphatic heterocycles. The Kier molecular flexibility index (Phi) is 3.01. The average molecular weight is 288 g/mol. The lowest BCUT2D eigenvalue weighted by atomic mass is 9.91. The van der Waals surface area contributed by atoms with Crippen molar-refractivity contribution in [2.75, 3.05) is 14.2 Å². The van der Waals surface area contributed by atoms with E-state index in [1.165, 1.54) is 14.2 Å². The van der Waals surface area contributed by atoms with Gasteiger partial charge in [-0.1, -0.05) is 29.8 Å². The lowest BCUT2D eigenvalue weighted by Crippen LogP contribution is -2.30. The second-order valence-corrected chi connectivity index (χ2v) is 5.31. The summed E-state index contributed by atoms with van der Waals surface area (Å²) < 4.78 is 15.2. The average Bonchev–Trinajstić information content (AvgIpc) is 2.91. The van der Waals surface area contributed by atoms with Gasteiger partial charge in [-0.15, -0.1) is 0 Å². The van der Waals surface area contributed by atoms with Crippen molar-refractivity contribution >= 4 is 11.9 Å². The summed E-state index contributed by atoms with van der Waals surface area (Å²) in [5, 5.41) is 0. The third-order valence-electron chi connectivity index (χ3n) is 4.22. The standard InChI is InChI=1S/C16H16O5/c1-9-4-6-10(7-5-9)16(15(18)20-3)11-8-12(14(17)19-2)21-13(11)16/h4-8,11,13H,1-3H3/t11-,13+,16+/m1/s1. The Morgan fingerprint density at radius 2 is 1.81 bits per heavy atom. The number of hydrogen-bond donors (Lipinski definition) is 0. The molecule has 1 heterocycles. The van der Waals surface area contributed by atoms with Crippen LogP contribution in [0.3, 0.4) is 0 Å². The highest BCUT2D eigenvalue weighted by Crippen LogP contribution is 2.62. The summed E-state index contributed by atoms with van der Waals surface area (Å²) >= 11 is 0. The van der Waals surface area contributed by atoms with Gasteiger partial charge in [-0.3, -0.25) is 4.79 Å². The van der Waals surface area contributed by atoms with Gasteiger partial charge in [0.1, 0.15) is 11.5 Å². The molecule has 1 aromatic rings. The van der Waals surface area contributed by atoms with Crippen molar-refractivity contribution in [1.29, 1.82) is 0 Å². The first-order chi connectivity index (χ1) is 10.1. The van der Waals surface area contributed by atoms with E-state index in [0.717, 1.165) is 11.1 Å². The summed E-state index contributed by atoms with van der Waals surface area (Å²) in [6.07, 6.45) is 1.26. The zero-order valence-electron chi connectivity index (χ0n) is 12.1. The smallest absolute Gasteiger partial charge is 0.372 e. The molecule has 0 saturated heterocycles. The molecule has 5 heteroatoms. The van der Waals surface area contributed by atoms with Crippen LogP contribution in [-0.2, 0) is 29.2 Å². The van der Waals surface area contributed by atoms with Crippen LogP contribution in [0.4, 0.5) is 0 Å². The first kappa shape index (κ1) is 13.7. The number of carbonyl (C=O) groups is 2. The number of carbonyl (C=O) groups excluding carboxylic acids is 2. The van der Waals surface area contributed by atoms with E-state index in [-0.39, 0.29) is 17.6 Å². The molecular formula is C16H16O5. The van der Waals surface area contributed by atoms with Crippen molar-refractivity contribution in [2.45, 2.75) is 18.4 Å². The molecule has 21 heavy (non-hydrogen) atoms. The van der Waals surface area contributed by atoms with Gasteiger partial charge >= 0.3 is 11.9 Å². The van der Waals surface area contributed by atoms with Gasteiger partial charge in [0.25, 0.3) is 0 Å². The number of ether oxygens (including phenoxy) is 3. The zero-order chi connectivity index (χ0) is 15.2. The van der Waals surface area contributed by atoms with Crippen molar-refractivity contribution in [3.8, 4) is 0 Å². The van der Waals surface area contributed by atoms with Crippen LogP contribution in [0.15, 0.2) is 36.1 Å². The van der Waals surface area contributed by atoms with Crippen molar-refractivity contribution < 1.29 is 23.8 Å². The molecule has 0 spiro atoms. The van der Waals surface area contributed by atoms with Gasteiger partial charge in [0, 0.05) is 5.92 Å². The highest BCUT2D eigenvalue weighted by molar-refractivity contribution is 5.93. The predicted molar refractivity (Wildman–Crippen MR) is 73.3 cm³/mol. The quantitative estimate of drug-likeness (QED) is 0.789. The van der Waals surface area contributed by atoms with E-state index in [1.54, 1.807) is 6.08 Å². The van der Waals surface area contributed by atoms with E-state index < -0.39 is 17.5 Å². The topological polar surface area (TPSA) is 61.8 Å². The minimum atomic E-state index is -0.847. The van der Waals surface area contributed by atoms with Crippen molar-refractivity contribution in [3.05, 3.63) is 47.2 Å². The Morgan fingerprint density at radius 1 is 1.14 bits per heavy atom. The molecule has 0 amide bonds. The monoisotopic (exact) mass is 288 g/mol. The molecule has 110 valence electrons. The summed E-state index contributed by atoms with van der Waals surface area (Å²) in [7, 11) is 2.65. The second-order valence-electron chi connectivity index (χ2n) is 5.31. The maximum Gasteiger partial charge on any atom is 0.372 e. The summed E-state index contributed by atoms with van der Waals surface area (Å²) in [5.74, 6) is -0.896. The number of esters is 2. The predicted octanol–water partition coefficient (Wildman–Crippen LogP) is 1.49. The summed E-state index contributed by atoms with van der Waals surface area (Å²) in [4.78, 5) is 23.8. The molecule has 1 aliphatic carbocycles. The summed E-state index contributed by atoms with van der Waals surface area (Å²) in [6, 6.07) is 7.69. The number of benzene rings is 1. The molecule has 5 nitrogen and oxygen atoms in total. The van der Waals surface area contributed by atoms with E-state index >= 15 is 0 Å². The first-order valence-electron chi connectivity index (χ1n) is 6.68. The molecule has 2 aliphatic rings. The van der Waals surface area contributed by atoms with Gasteiger partial charge in [0.2, 0.25) is 5.76 Å². The van der Waals surface area contributed by atoms with E-state index in [4.69, 9.17) is 9.47 Å². The van der Waals surface area contributed by atoms with Crippen molar-refractivity contribution in [1.82, 2.24) is 0 Å². The zero-order valence-corrected chi connectivity index (χ0v) is 12.1. The van der Waals surface area contributed by atoms with Crippen LogP contribution in [0.1, 0.15) is 11.1 Å². The maximum atomic E-state index is 12.3. The maximum absolute atomic E-state index is 12.3. The SMILES string of the molecule is COC(=O)C1=C[C@@H]2[C@H](O1)[C@]2(C(=O)OC)c1ccc(C)cc1. The minimum Gasteiger partial charge on any atom is -0.481 e. The molecule has 1 fully saturated rings.